The van der Waals surface area contributed by atoms with Crippen molar-refractivity contribution in [1.29, 1.82) is 0 Å². The average Bonchev–Trinajstić information content (AvgIpc) is 2.49. The van der Waals surface area contributed by atoms with Crippen LogP contribution in [0.15, 0.2) is 24.5 Å². The van der Waals surface area contributed by atoms with E-state index in [2.05, 4.69) is 15.2 Å². The van der Waals surface area contributed by atoms with Crippen LogP contribution in [0.1, 0.15) is 25.3 Å². The number of hydrogen-bond acceptors (Lipinski definition) is 4. The van der Waals surface area contributed by atoms with Gasteiger partial charge in [0.1, 0.15) is 0 Å². The van der Waals surface area contributed by atoms with Gasteiger partial charge < -0.3 is 16.0 Å². The molecule has 1 rings (SSSR count). The molecule has 0 saturated carbocycles. The van der Waals surface area contributed by atoms with Crippen LogP contribution in [0.5, 0.6) is 0 Å². The largest absolute Gasteiger partial charge is 0.356 e. The summed E-state index contributed by atoms with van der Waals surface area (Å²) in [7, 11) is 2.02. The van der Waals surface area contributed by atoms with Gasteiger partial charge in [-0.25, -0.2) is 0 Å². The van der Waals surface area contributed by atoms with Gasteiger partial charge in [-0.05, 0) is 37.6 Å². The van der Waals surface area contributed by atoms with Gasteiger partial charge in [0.25, 0.3) is 0 Å². The quantitative estimate of drug-likeness (QED) is 0.701. The van der Waals surface area contributed by atoms with E-state index in [4.69, 9.17) is 5.73 Å². The molecule has 5 heteroatoms. The van der Waals surface area contributed by atoms with Crippen molar-refractivity contribution >= 4 is 5.91 Å². The van der Waals surface area contributed by atoms with Gasteiger partial charge in [0.2, 0.25) is 5.91 Å². The van der Waals surface area contributed by atoms with Crippen LogP contribution in [0, 0.1) is 0 Å². The Hall–Kier alpha value is -1.46. The van der Waals surface area contributed by atoms with Crippen LogP contribution >= 0.6 is 0 Å². The summed E-state index contributed by atoms with van der Waals surface area (Å²) in [6, 6.07) is 4.12. The Labute approximate surface area is 121 Å². The molecule has 0 radical (unpaired) electrons. The first-order valence-electron chi connectivity index (χ1n) is 7.23. The summed E-state index contributed by atoms with van der Waals surface area (Å²) >= 11 is 0. The van der Waals surface area contributed by atoms with Crippen LogP contribution in [0.3, 0.4) is 0 Å². The number of pyridine rings is 1. The Morgan fingerprint density at radius 3 is 2.75 bits per heavy atom. The highest BCUT2D eigenvalue weighted by molar-refractivity contribution is 5.76. The Morgan fingerprint density at radius 1 is 1.45 bits per heavy atom. The molecule has 0 bridgehead atoms. The number of nitrogens with zero attached hydrogens (tertiary/aromatic N) is 2. The lowest BCUT2D eigenvalue weighted by Gasteiger charge is -2.26. The van der Waals surface area contributed by atoms with Gasteiger partial charge in [-0.3, -0.25) is 9.78 Å². The van der Waals surface area contributed by atoms with Crippen LogP contribution in [0.25, 0.3) is 0 Å². The predicted molar refractivity (Wildman–Crippen MR) is 81.3 cm³/mol. The number of likely N-dealkylation sites (N-methyl/N-ethyl adjacent to an activating group) is 1. The minimum absolute atomic E-state index is 0.0815. The number of aromatic nitrogens is 1. The number of rotatable bonds is 9. The highest BCUT2D eigenvalue weighted by Crippen LogP contribution is 2.04. The summed E-state index contributed by atoms with van der Waals surface area (Å²) in [5.74, 6) is 0.0815. The van der Waals surface area contributed by atoms with Gasteiger partial charge in [-0.2, -0.15) is 0 Å². The van der Waals surface area contributed by atoms with Crippen molar-refractivity contribution in [2.45, 2.75) is 32.2 Å². The van der Waals surface area contributed by atoms with Crippen molar-refractivity contribution in [1.82, 2.24) is 15.2 Å². The van der Waals surface area contributed by atoms with Crippen LogP contribution < -0.4 is 11.1 Å². The first-order chi connectivity index (χ1) is 9.67. The molecule has 1 unspecified atom stereocenters. The van der Waals surface area contributed by atoms with E-state index in [1.165, 1.54) is 5.56 Å². The van der Waals surface area contributed by atoms with Crippen molar-refractivity contribution in [3.05, 3.63) is 30.1 Å². The molecule has 20 heavy (non-hydrogen) atoms. The zero-order valence-electron chi connectivity index (χ0n) is 12.5. The highest BCUT2D eigenvalue weighted by atomic mass is 16.1. The number of hydrogen-bond donors (Lipinski definition) is 2. The standard InChI is InChI=1S/C15H26N4O/c1-3-7-18-15(20)11-14(12-16)19(2)10-6-13-4-8-17-9-5-13/h4-5,8-9,14H,3,6-7,10-12,16H2,1-2H3,(H,18,20). The normalized spacial score (nSPS) is 12.4. The molecule has 0 aliphatic carbocycles. The molecule has 0 fully saturated rings. The maximum Gasteiger partial charge on any atom is 0.221 e. The summed E-state index contributed by atoms with van der Waals surface area (Å²) in [5, 5.41) is 2.90. The second-order valence-electron chi connectivity index (χ2n) is 5.03. The van der Waals surface area contributed by atoms with Crippen molar-refractivity contribution < 1.29 is 4.79 Å². The molecule has 1 amide bonds. The summed E-state index contributed by atoms with van der Waals surface area (Å²) in [4.78, 5) is 17.9. The van der Waals surface area contributed by atoms with Crippen LogP contribution in [-0.4, -0.2) is 48.5 Å². The molecule has 3 N–H and O–H groups in total. The zero-order chi connectivity index (χ0) is 14.8. The minimum Gasteiger partial charge on any atom is -0.356 e. The monoisotopic (exact) mass is 278 g/mol. The van der Waals surface area contributed by atoms with E-state index in [1.807, 2.05) is 26.1 Å². The molecular formula is C15H26N4O. The number of carbonyl (C=O) groups is 1. The lowest BCUT2D eigenvalue weighted by atomic mass is 10.1. The van der Waals surface area contributed by atoms with Crippen molar-refractivity contribution in [3.8, 4) is 0 Å². The molecule has 5 nitrogen and oxygen atoms in total. The van der Waals surface area contributed by atoms with E-state index >= 15 is 0 Å². The van der Waals surface area contributed by atoms with Gasteiger partial charge in [0.05, 0.1) is 0 Å². The van der Waals surface area contributed by atoms with E-state index in [1.54, 1.807) is 12.4 Å². The van der Waals surface area contributed by atoms with Gasteiger partial charge >= 0.3 is 0 Å². The molecule has 1 aromatic rings. The van der Waals surface area contributed by atoms with E-state index in [0.717, 1.165) is 25.9 Å². The smallest absolute Gasteiger partial charge is 0.221 e. The van der Waals surface area contributed by atoms with Gasteiger partial charge in [0, 0.05) is 44.5 Å². The number of nitrogens with two attached hydrogens (primary N) is 1. The second-order valence-corrected chi connectivity index (χ2v) is 5.03. The first-order valence-corrected chi connectivity index (χ1v) is 7.23. The van der Waals surface area contributed by atoms with E-state index in [-0.39, 0.29) is 11.9 Å². The summed E-state index contributed by atoms with van der Waals surface area (Å²) < 4.78 is 0. The maximum atomic E-state index is 11.7. The Kier molecular flexibility index (Phi) is 7.84. The van der Waals surface area contributed by atoms with Crippen molar-refractivity contribution in [3.63, 3.8) is 0 Å². The summed E-state index contributed by atoms with van der Waals surface area (Å²) in [5.41, 5.74) is 7.04. The van der Waals surface area contributed by atoms with Gasteiger partial charge in [-0.15, -0.1) is 0 Å². The van der Waals surface area contributed by atoms with E-state index in [9.17, 15) is 4.79 Å². The van der Waals surface area contributed by atoms with Crippen molar-refractivity contribution in [2.24, 2.45) is 5.73 Å². The number of carbonyl (C=O) groups excluding carboxylic acids is 1. The first kappa shape index (κ1) is 16.6. The third-order valence-corrected chi connectivity index (χ3v) is 3.39. The Morgan fingerprint density at radius 2 is 2.15 bits per heavy atom. The average molecular weight is 278 g/mol. The lowest BCUT2D eigenvalue weighted by molar-refractivity contribution is -0.122. The van der Waals surface area contributed by atoms with Crippen LogP contribution in [0.2, 0.25) is 0 Å². The third kappa shape index (κ3) is 6.12. The fourth-order valence-corrected chi connectivity index (χ4v) is 2.01. The molecule has 112 valence electrons. The fourth-order valence-electron chi connectivity index (χ4n) is 2.01. The molecule has 0 spiro atoms. The predicted octanol–water partition coefficient (Wildman–Crippen LogP) is 0.800. The maximum absolute atomic E-state index is 11.7. The molecule has 0 saturated heterocycles. The molecular weight excluding hydrogens is 252 g/mol. The Bertz CT molecular complexity index is 383. The van der Waals surface area contributed by atoms with Crippen LogP contribution in [-0.2, 0) is 11.2 Å². The molecule has 0 aliphatic rings. The van der Waals surface area contributed by atoms with Crippen molar-refractivity contribution in [2.75, 3.05) is 26.7 Å². The van der Waals surface area contributed by atoms with E-state index in [0.29, 0.717) is 13.0 Å². The number of amides is 1. The Balaban J connectivity index is 2.38. The summed E-state index contributed by atoms with van der Waals surface area (Å²) in [6.45, 7) is 4.15. The summed E-state index contributed by atoms with van der Waals surface area (Å²) in [6.07, 6.45) is 5.95. The lowest BCUT2D eigenvalue weighted by Crippen LogP contribution is -2.42. The van der Waals surface area contributed by atoms with Crippen LogP contribution in [0.4, 0.5) is 0 Å². The third-order valence-electron chi connectivity index (χ3n) is 3.39. The molecule has 1 heterocycles. The minimum atomic E-state index is 0.0815. The molecule has 1 aromatic heterocycles. The molecule has 0 aliphatic heterocycles. The highest BCUT2D eigenvalue weighted by Gasteiger charge is 2.16. The topological polar surface area (TPSA) is 71.2 Å². The molecule has 0 aromatic carbocycles. The van der Waals surface area contributed by atoms with Gasteiger partial charge in [0.15, 0.2) is 0 Å². The van der Waals surface area contributed by atoms with Gasteiger partial charge in [-0.1, -0.05) is 6.92 Å². The number of nitrogens with one attached hydrogen (secondary N) is 1. The second kappa shape index (κ2) is 9.44. The molecule has 1 atom stereocenters. The SMILES string of the molecule is CCCNC(=O)CC(CN)N(C)CCc1ccncc1. The fraction of sp³-hybridized carbons (Fsp3) is 0.600. The van der Waals surface area contributed by atoms with E-state index < -0.39 is 0 Å². The zero-order valence-corrected chi connectivity index (χ0v) is 12.5.